The quantitative estimate of drug-likeness (QED) is 0.660. The number of nitrogens with zero attached hydrogens (tertiary/aromatic N) is 1. The molecule has 1 aliphatic heterocycles. The van der Waals surface area contributed by atoms with Gasteiger partial charge in [0.25, 0.3) is 0 Å². The fraction of sp³-hybridized carbons (Fsp3) is 0.720. The van der Waals surface area contributed by atoms with Crippen molar-refractivity contribution in [1.29, 1.82) is 0 Å². The third-order valence-corrected chi connectivity index (χ3v) is 6.26. The number of carbonyl (C=O) groups is 1. The van der Waals surface area contributed by atoms with Crippen LogP contribution in [0.5, 0.6) is 0 Å². The molecule has 5 heteroatoms. The highest BCUT2D eigenvalue weighted by Gasteiger charge is 2.30. The van der Waals surface area contributed by atoms with Crippen LogP contribution in [0, 0.1) is 5.92 Å². The van der Waals surface area contributed by atoms with Gasteiger partial charge in [-0.05, 0) is 89.9 Å². The fourth-order valence-electron chi connectivity index (χ4n) is 4.45. The van der Waals surface area contributed by atoms with Crippen LogP contribution in [0.1, 0.15) is 95.9 Å². The van der Waals surface area contributed by atoms with Crippen molar-refractivity contribution in [2.45, 2.75) is 96.4 Å². The Labute approximate surface area is 182 Å². The van der Waals surface area contributed by atoms with E-state index in [1.165, 1.54) is 30.4 Å². The van der Waals surface area contributed by atoms with Crippen molar-refractivity contribution in [1.82, 2.24) is 10.2 Å². The van der Waals surface area contributed by atoms with Gasteiger partial charge in [0.15, 0.2) is 0 Å². The maximum absolute atomic E-state index is 12.1. The van der Waals surface area contributed by atoms with E-state index in [4.69, 9.17) is 10.5 Å². The predicted octanol–water partition coefficient (Wildman–Crippen LogP) is 5.32. The SMILES string of the molecule is C[C@H](N)c1ccc(C(CC2CC2)N2CCCC(NC(=O)OC(C)(C)C)CCC2)cc1. The molecule has 1 aliphatic carbocycles. The first-order valence-corrected chi connectivity index (χ1v) is 11.8. The number of ether oxygens (including phenoxy) is 1. The average molecular weight is 416 g/mol. The van der Waals surface area contributed by atoms with E-state index in [2.05, 4.69) is 34.5 Å². The summed E-state index contributed by atoms with van der Waals surface area (Å²) in [6, 6.07) is 9.77. The lowest BCUT2D eigenvalue weighted by atomic mass is 9.95. The molecule has 1 saturated carbocycles. The van der Waals surface area contributed by atoms with E-state index in [0.717, 1.165) is 44.7 Å². The van der Waals surface area contributed by atoms with E-state index in [1.54, 1.807) is 0 Å². The van der Waals surface area contributed by atoms with Crippen LogP contribution in [0.3, 0.4) is 0 Å². The van der Waals surface area contributed by atoms with Gasteiger partial charge in [-0.2, -0.15) is 0 Å². The minimum Gasteiger partial charge on any atom is -0.444 e. The van der Waals surface area contributed by atoms with Crippen LogP contribution in [0.2, 0.25) is 0 Å². The molecular weight excluding hydrogens is 374 g/mol. The Morgan fingerprint density at radius 1 is 1.10 bits per heavy atom. The maximum Gasteiger partial charge on any atom is 0.407 e. The molecule has 1 saturated heterocycles. The zero-order valence-corrected chi connectivity index (χ0v) is 19.3. The number of nitrogens with one attached hydrogen (secondary N) is 1. The number of nitrogens with two attached hydrogens (primary N) is 1. The molecule has 3 rings (SSSR count). The van der Waals surface area contributed by atoms with E-state index in [9.17, 15) is 4.79 Å². The third kappa shape index (κ3) is 7.28. The van der Waals surface area contributed by atoms with Gasteiger partial charge in [-0.3, -0.25) is 4.90 Å². The molecular formula is C25H41N3O2. The van der Waals surface area contributed by atoms with Crippen LogP contribution in [0.4, 0.5) is 4.79 Å². The molecule has 0 spiro atoms. The Morgan fingerprint density at radius 3 is 2.17 bits per heavy atom. The van der Waals surface area contributed by atoms with E-state index >= 15 is 0 Å². The summed E-state index contributed by atoms with van der Waals surface area (Å²) in [6.07, 6.45) is 7.95. The predicted molar refractivity (Wildman–Crippen MR) is 122 cm³/mol. The topological polar surface area (TPSA) is 67.6 Å². The molecule has 1 aromatic rings. The van der Waals surface area contributed by atoms with Gasteiger partial charge in [-0.25, -0.2) is 4.79 Å². The van der Waals surface area contributed by atoms with E-state index < -0.39 is 5.60 Å². The molecule has 1 aromatic carbocycles. The molecule has 2 fully saturated rings. The third-order valence-electron chi connectivity index (χ3n) is 6.26. The van der Waals surface area contributed by atoms with Crippen LogP contribution in [0.25, 0.3) is 0 Å². The number of alkyl carbamates (subject to hydrolysis) is 1. The first-order chi connectivity index (χ1) is 14.2. The molecule has 0 aromatic heterocycles. The van der Waals surface area contributed by atoms with Crippen LogP contribution >= 0.6 is 0 Å². The molecule has 1 unspecified atom stereocenters. The van der Waals surface area contributed by atoms with Gasteiger partial charge in [0.1, 0.15) is 5.60 Å². The summed E-state index contributed by atoms with van der Waals surface area (Å²) in [5, 5.41) is 3.09. The van der Waals surface area contributed by atoms with Gasteiger partial charge in [-0.1, -0.05) is 37.1 Å². The highest BCUT2D eigenvalue weighted by Crippen LogP contribution is 2.40. The van der Waals surface area contributed by atoms with Gasteiger partial charge in [0, 0.05) is 18.1 Å². The van der Waals surface area contributed by atoms with Crippen molar-refractivity contribution >= 4 is 6.09 Å². The monoisotopic (exact) mass is 415 g/mol. The Hall–Kier alpha value is -1.59. The van der Waals surface area contributed by atoms with Crippen molar-refractivity contribution < 1.29 is 9.53 Å². The van der Waals surface area contributed by atoms with Gasteiger partial charge < -0.3 is 15.8 Å². The first kappa shape index (κ1) is 23.1. The van der Waals surface area contributed by atoms with Crippen molar-refractivity contribution in [3.63, 3.8) is 0 Å². The number of benzene rings is 1. The lowest BCUT2D eigenvalue weighted by Gasteiger charge is -2.35. The maximum atomic E-state index is 12.1. The molecule has 0 bridgehead atoms. The smallest absolute Gasteiger partial charge is 0.407 e. The Balaban J connectivity index is 1.58. The van der Waals surface area contributed by atoms with Gasteiger partial charge in [0.05, 0.1) is 0 Å². The second-order valence-corrected chi connectivity index (χ2v) is 10.3. The Morgan fingerprint density at radius 2 is 1.67 bits per heavy atom. The summed E-state index contributed by atoms with van der Waals surface area (Å²) in [4.78, 5) is 14.8. The molecule has 1 amide bonds. The lowest BCUT2D eigenvalue weighted by molar-refractivity contribution is 0.0489. The number of rotatable bonds is 6. The highest BCUT2D eigenvalue weighted by molar-refractivity contribution is 5.68. The summed E-state index contributed by atoms with van der Waals surface area (Å²) in [7, 11) is 0. The zero-order valence-electron chi connectivity index (χ0n) is 19.3. The largest absolute Gasteiger partial charge is 0.444 e. The molecule has 2 atom stereocenters. The molecule has 5 nitrogen and oxygen atoms in total. The summed E-state index contributed by atoms with van der Waals surface area (Å²) in [5.41, 5.74) is 8.22. The second kappa shape index (κ2) is 10.1. The fourth-order valence-corrected chi connectivity index (χ4v) is 4.45. The van der Waals surface area contributed by atoms with Crippen LogP contribution in [-0.2, 0) is 4.74 Å². The number of carbonyl (C=O) groups excluding carboxylic acids is 1. The molecule has 30 heavy (non-hydrogen) atoms. The van der Waals surface area contributed by atoms with Crippen molar-refractivity contribution in [3.05, 3.63) is 35.4 Å². The Bertz CT molecular complexity index is 667. The van der Waals surface area contributed by atoms with E-state index in [-0.39, 0.29) is 18.2 Å². The number of hydrogen-bond acceptors (Lipinski definition) is 4. The van der Waals surface area contributed by atoms with Crippen LogP contribution in [0.15, 0.2) is 24.3 Å². The lowest BCUT2D eigenvalue weighted by Crippen LogP contribution is -2.41. The van der Waals surface area contributed by atoms with Crippen LogP contribution < -0.4 is 11.1 Å². The summed E-state index contributed by atoms with van der Waals surface area (Å²) in [5.74, 6) is 0.884. The minimum absolute atomic E-state index is 0.0806. The van der Waals surface area contributed by atoms with Gasteiger partial charge in [0.2, 0.25) is 0 Å². The minimum atomic E-state index is -0.449. The molecule has 3 N–H and O–H groups in total. The second-order valence-electron chi connectivity index (χ2n) is 10.3. The normalized spacial score (nSPS) is 21.4. The highest BCUT2D eigenvalue weighted by atomic mass is 16.6. The standard InChI is InChI=1S/C25H41N3O2/c1-18(26)20-11-13-21(14-12-20)23(17-19-9-10-19)28-15-5-7-22(8-6-16-28)27-24(29)30-25(2,3)4/h11-14,18-19,22-23H,5-10,15-17,26H2,1-4H3,(H,27,29)/t18-,23?/m0/s1. The molecule has 1 heterocycles. The summed E-state index contributed by atoms with van der Waals surface area (Å²) < 4.78 is 5.44. The average Bonchev–Trinajstić information content (AvgIpc) is 3.45. The van der Waals surface area contributed by atoms with Crippen LogP contribution in [-0.4, -0.2) is 35.7 Å². The summed E-state index contributed by atoms with van der Waals surface area (Å²) >= 11 is 0. The molecule has 0 radical (unpaired) electrons. The first-order valence-electron chi connectivity index (χ1n) is 11.8. The van der Waals surface area contributed by atoms with Gasteiger partial charge in [-0.15, -0.1) is 0 Å². The Kier molecular flexibility index (Phi) is 7.81. The summed E-state index contributed by atoms with van der Waals surface area (Å²) in [6.45, 7) is 9.92. The van der Waals surface area contributed by atoms with Crippen molar-refractivity contribution in [3.8, 4) is 0 Å². The van der Waals surface area contributed by atoms with Crippen molar-refractivity contribution in [2.24, 2.45) is 11.7 Å². The number of hydrogen-bond donors (Lipinski definition) is 2. The number of likely N-dealkylation sites (tertiary alicyclic amines) is 1. The molecule has 2 aliphatic rings. The number of amides is 1. The molecule has 168 valence electrons. The van der Waals surface area contributed by atoms with Gasteiger partial charge >= 0.3 is 6.09 Å². The van der Waals surface area contributed by atoms with Crippen molar-refractivity contribution in [2.75, 3.05) is 13.1 Å². The van der Waals surface area contributed by atoms with E-state index in [0.29, 0.717) is 6.04 Å². The van der Waals surface area contributed by atoms with E-state index in [1.807, 2.05) is 27.7 Å². The zero-order chi connectivity index (χ0) is 21.7.